The van der Waals surface area contributed by atoms with Gasteiger partial charge in [-0.3, -0.25) is 19.3 Å². The van der Waals surface area contributed by atoms with Crippen LogP contribution in [-0.2, 0) is 0 Å². The first-order valence-electron chi connectivity index (χ1n) is 9.78. The average Bonchev–Trinajstić information content (AvgIpc) is 3.41. The lowest BCUT2D eigenvalue weighted by molar-refractivity contribution is -0.112. The van der Waals surface area contributed by atoms with Crippen LogP contribution in [0.1, 0.15) is 23.9 Å². The summed E-state index contributed by atoms with van der Waals surface area (Å²) in [7, 11) is 0. The number of hydrogen-bond donors (Lipinski definition) is 6. The number of aromatic amines is 2. The highest BCUT2D eigenvalue weighted by Crippen LogP contribution is 2.28. The van der Waals surface area contributed by atoms with Crippen LogP contribution in [0.15, 0.2) is 48.5 Å². The van der Waals surface area contributed by atoms with E-state index in [2.05, 4.69) is 20.4 Å². The smallest absolute Gasteiger partial charge is 0.199 e. The maximum atomic E-state index is 10.8. The molecule has 2 heterocycles. The molecule has 0 aliphatic heterocycles. The first-order chi connectivity index (χ1) is 16.2. The highest BCUT2D eigenvalue weighted by atomic mass is 35.5. The molecule has 0 spiro atoms. The third-order valence-electron chi connectivity index (χ3n) is 5.09. The zero-order valence-corrected chi connectivity index (χ0v) is 20.2. The maximum Gasteiger partial charge on any atom is 0.199 e. The summed E-state index contributed by atoms with van der Waals surface area (Å²) in [6.45, 7) is 0. The van der Waals surface area contributed by atoms with Crippen LogP contribution < -0.4 is 0 Å². The number of nitrogens with one attached hydrogen (secondary N) is 2. The second-order valence-electron chi connectivity index (χ2n) is 7.27. The van der Waals surface area contributed by atoms with Gasteiger partial charge in [0.2, 0.25) is 0 Å². The normalized spacial score (nSPS) is 15.1. The molecule has 4 aromatic rings. The van der Waals surface area contributed by atoms with Gasteiger partial charge >= 0.3 is 0 Å². The fraction of sp³-hybridized carbons (Fsp3) is 0.200. The van der Waals surface area contributed by atoms with Crippen molar-refractivity contribution < 1.29 is 20.4 Å². The Morgan fingerprint density at radius 3 is 1.29 bits per heavy atom. The van der Waals surface area contributed by atoms with Gasteiger partial charge in [-0.25, -0.2) is 0 Å². The van der Waals surface area contributed by atoms with Crippen molar-refractivity contribution in [3.8, 4) is 11.4 Å². The monoisotopic (exact) mass is 540 g/mol. The predicted octanol–water partition coefficient (Wildman–Crippen LogP) is 2.97. The van der Waals surface area contributed by atoms with E-state index in [0.29, 0.717) is 21.4 Å². The van der Waals surface area contributed by atoms with Crippen molar-refractivity contribution in [3.63, 3.8) is 0 Å². The Balaban J connectivity index is 1.64. The molecule has 0 saturated heterocycles. The van der Waals surface area contributed by atoms with E-state index in [1.165, 1.54) is 9.13 Å². The minimum absolute atomic E-state index is 0.0809. The van der Waals surface area contributed by atoms with Crippen LogP contribution in [0.25, 0.3) is 11.4 Å². The number of rotatable bonds is 7. The van der Waals surface area contributed by atoms with Crippen LogP contribution in [0.4, 0.5) is 0 Å². The summed E-state index contributed by atoms with van der Waals surface area (Å²) in [5.74, 6) is -0.162. The van der Waals surface area contributed by atoms with Crippen molar-refractivity contribution >= 4 is 47.6 Å². The molecule has 0 aliphatic rings. The second kappa shape index (κ2) is 10.1. The average molecular weight is 541 g/mol. The van der Waals surface area contributed by atoms with Crippen molar-refractivity contribution in [2.24, 2.45) is 0 Å². The molecule has 34 heavy (non-hydrogen) atoms. The highest BCUT2D eigenvalue weighted by molar-refractivity contribution is 7.71. The molecule has 0 fully saturated rings. The maximum absolute atomic E-state index is 10.8. The Hall–Kier alpha value is -2.42. The Kier molecular flexibility index (Phi) is 7.31. The molecule has 0 radical (unpaired) electrons. The summed E-state index contributed by atoms with van der Waals surface area (Å²) in [5.41, 5.74) is 1.03. The van der Waals surface area contributed by atoms with E-state index in [4.69, 9.17) is 47.6 Å². The Morgan fingerprint density at radius 1 is 0.647 bits per heavy atom. The van der Waals surface area contributed by atoms with Crippen molar-refractivity contribution in [3.05, 3.63) is 79.8 Å². The number of aliphatic hydroxyl groups is 4. The van der Waals surface area contributed by atoms with E-state index in [0.717, 1.165) is 0 Å². The predicted molar refractivity (Wildman–Crippen MR) is 129 cm³/mol. The molecule has 4 rings (SSSR count). The molecule has 0 aliphatic carbocycles. The molecular formula is C20H18Cl2N6O4S2. The number of nitrogens with zero attached hydrogens (tertiary/aromatic N) is 4. The van der Waals surface area contributed by atoms with Gasteiger partial charge in [-0.2, -0.15) is 10.2 Å². The number of H-pyrrole nitrogens is 2. The van der Waals surface area contributed by atoms with Gasteiger partial charge < -0.3 is 20.4 Å². The third-order valence-corrected chi connectivity index (χ3v) is 6.14. The van der Waals surface area contributed by atoms with E-state index in [9.17, 15) is 20.4 Å². The van der Waals surface area contributed by atoms with Crippen molar-refractivity contribution in [2.45, 2.75) is 24.4 Å². The third kappa shape index (κ3) is 4.72. The largest absolute Gasteiger partial charge is 0.387 e. The van der Waals surface area contributed by atoms with Gasteiger partial charge in [-0.05, 0) is 73.0 Å². The van der Waals surface area contributed by atoms with Gasteiger partial charge in [0.15, 0.2) is 21.2 Å². The Labute approximate surface area is 212 Å². The molecule has 14 heteroatoms. The lowest BCUT2D eigenvalue weighted by Gasteiger charge is -2.26. The molecule has 0 bridgehead atoms. The van der Waals surface area contributed by atoms with Crippen LogP contribution in [-0.4, -0.2) is 62.2 Å². The quantitative estimate of drug-likeness (QED) is 0.196. The Morgan fingerprint density at radius 2 is 0.971 bits per heavy atom. The molecular weight excluding hydrogens is 523 g/mol. The summed E-state index contributed by atoms with van der Waals surface area (Å²) in [6.07, 6.45) is -7.23. The number of halogens is 2. The van der Waals surface area contributed by atoms with E-state index in [1.807, 2.05) is 0 Å². The standard InChI is InChI=1S/C20H18Cl2N6O4S2/c21-9-1-5-11(6-2-9)27-17(23-25-19(27)33)15(31)13(29)14(30)16(32)18-24-26-20(34)28(18)12-7-3-10(22)4-8-12/h1-8,13-16,29-32H,(H,25,33)(H,26,34)/t13-,14+,15+,16-. The fourth-order valence-corrected chi connectivity index (χ4v) is 4.11. The van der Waals surface area contributed by atoms with Gasteiger partial charge in [-0.1, -0.05) is 23.2 Å². The van der Waals surface area contributed by atoms with Crippen molar-refractivity contribution in [1.82, 2.24) is 29.5 Å². The minimum atomic E-state index is -1.88. The zero-order valence-electron chi connectivity index (χ0n) is 17.1. The SMILES string of the molecule is O[C@H]([C@H](O)[C@@H](O)c1n[nH]c(=S)n1-c1ccc(Cl)cc1)[C@H](O)c1n[nH]c(=S)n1-c1ccc(Cl)cc1. The van der Waals surface area contributed by atoms with Crippen LogP contribution in [0.3, 0.4) is 0 Å². The van der Waals surface area contributed by atoms with E-state index < -0.39 is 24.4 Å². The first-order valence-corrected chi connectivity index (χ1v) is 11.3. The Bertz CT molecular complexity index is 1290. The topological polar surface area (TPSA) is 148 Å². The molecule has 0 amide bonds. The highest BCUT2D eigenvalue weighted by Gasteiger charge is 2.37. The summed E-state index contributed by atoms with van der Waals surface area (Å²) < 4.78 is 3.04. The first kappa shape index (κ1) is 24.7. The van der Waals surface area contributed by atoms with E-state index >= 15 is 0 Å². The lowest BCUT2D eigenvalue weighted by Crippen LogP contribution is -2.38. The summed E-state index contributed by atoms with van der Waals surface area (Å²) in [5, 5.41) is 57.1. The van der Waals surface area contributed by atoms with Crippen molar-refractivity contribution in [1.29, 1.82) is 0 Å². The van der Waals surface area contributed by atoms with Gasteiger partial charge in [0, 0.05) is 21.4 Å². The van der Waals surface area contributed by atoms with Crippen molar-refractivity contribution in [2.75, 3.05) is 0 Å². The number of hydrogen-bond acceptors (Lipinski definition) is 8. The molecule has 10 nitrogen and oxygen atoms in total. The molecule has 2 aromatic heterocycles. The van der Waals surface area contributed by atoms with Crippen LogP contribution in [0.2, 0.25) is 10.0 Å². The fourth-order valence-electron chi connectivity index (χ4n) is 3.37. The van der Waals surface area contributed by atoms with Crippen LogP contribution >= 0.6 is 47.6 Å². The number of aliphatic hydroxyl groups excluding tert-OH is 4. The molecule has 2 aromatic carbocycles. The van der Waals surface area contributed by atoms with Crippen LogP contribution in [0.5, 0.6) is 0 Å². The van der Waals surface area contributed by atoms with E-state index in [-0.39, 0.29) is 21.2 Å². The summed E-state index contributed by atoms with van der Waals surface area (Å²) in [4.78, 5) is 0. The second-order valence-corrected chi connectivity index (χ2v) is 8.91. The lowest BCUT2D eigenvalue weighted by atomic mass is 10.0. The van der Waals surface area contributed by atoms with E-state index in [1.54, 1.807) is 48.5 Å². The molecule has 6 N–H and O–H groups in total. The zero-order chi connectivity index (χ0) is 24.6. The molecule has 178 valence electrons. The number of aromatic nitrogens is 6. The molecule has 4 atom stereocenters. The van der Waals surface area contributed by atoms with Crippen LogP contribution in [0, 0.1) is 9.54 Å². The summed E-state index contributed by atoms with van der Waals surface area (Å²) in [6, 6.07) is 13.1. The van der Waals surface area contributed by atoms with Gasteiger partial charge in [0.05, 0.1) is 0 Å². The van der Waals surface area contributed by atoms with Gasteiger partial charge in [0.25, 0.3) is 0 Å². The molecule has 0 saturated carbocycles. The molecule has 0 unspecified atom stereocenters. The minimum Gasteiger partial charge on any atom is -0.387 e. The van der Waals surface area contributed by atoms with Gasteiger partial charge in [0.1, 0.15) is 24.4 Å². The summed E-state index contributed by atoms with van der Waals surface area (Å²) >= 11 is 22.3. The number of benzene rings is 2. The van der Waals surface area contributed by atoms with Gasteiger partial charge in [-0.15, -0.1) is 0 Å².